The summed E-state index contributed by atoms with van der Waals surface area (Å²) in [4.78, 5) is 9.61. The summed E-state index contributed by atoms with van der Waals surface area (Å²) >= 11 is 0. The number of aliphatic imine (C=N–C) groups is 2. The first-order chi connectivity index (χ1) is 12.1. The van der Waals surface area contributed by atoms with Crippen LogP contribution in [-0.4, -0.2) is 37.1 Å². The van der Waals surface area contributed by atoms with Crippen molar-refractivity contribution in [1.82, 2.24) is 0 Å². The zero-order valence-electron chi connectivity index (χ0n) is 17.2. The minimum absolute atomic E-state index is 0.0258. The van der Waals surface area contributed by atoms with Gasteiger partial charge in [0.15, 0.2) is 0 Å². The third kappa shape index (κ3) is 3.94. The highest BCUT2D eigenvalue weighted by molar-refractivity contribution is 6.01. The predicted molar refractivity (Wildman–Crippen MR) is 107 cm³/mol. The summed E-state index contributed by atoms with van der Waals surface area (Å²) in [7, 11) is 0. The van der Waals surface area contributed by atoms with Crippen molar-refractivity contribution in [3.8, 4) is 0 Å². The molecule has 3 rings (SSSR count). The molecule has 4 nitrogen and oxygen atoms in total. The molecule has 0 N–H and O–H groups in total. The molecule has 4 heteroatoms. The molecule has 0 aromatic heterocycles. The quantitative estimate of drug-likeness (QED) is 0.792. The second kappa shape index (κ2) is 7.05. The summed E-state index contributed by atoms with van der Waals surface area (Å²) in [6, 6.07) is 6.97. The van der Waals surface area contributed by atoms with Crippen molar-refractivity contribution >= 4 is 11.8 Å². The van der Waals surface area contributed by atoms with Gasteiger partial charge in [-0.3, -0.25) is 0 Å². The summed E-state index contributed by atoms with van der Waals surface area (Å²) in [5.74, 6) is 2.45. The highest BCUT2D eigenvalue weighted by Crippen LogP contribution is 2.28. The molecule has 0 fully saturated rings. The lowest BCUT2D eigenvalue weighted by atomic mass is 9.85. The van der Waals surface area contributed by atoms with Gasteiger partial charge in [0.25, 0.3) is 0 Å². The van der Waals surface area contributed by atoms with Gasteiger partial charge in [-0.15, -0.1) is 0 Å². The SMILES string of the molecule is CC(C)[C@H]1COC(c2cc(C3=N[C@@H](C(C)C)CO3)cc(C(C)(C)C)c2)=N1. The third-order valence-electron chi connectivity index (χ3n) is 5.18. The molecule has 0 spiro atoms. The van der Waals surface area contributed by atoms with Crippen LogP contribution in [0.5, 0.6) is 0 Å². The Hall–Kier alpha value is -1.84. The van der Waals surface area contributed by atoms with Crippen molar-refractivity contribution in [2.45, 2.75) is 66.0 Å². The lowest BCUT2D eigenvalue weighted by molar-refractivity contribution is 0.291. The zero-order valence-corrected chi connectivity index (χ0v) is 17.2. The summed E-state index contributed by atoms with van der Waals surface area (Å²) in [5, 5.41) is 0. The van der Waals surface area contributed by atoms with E-state index in [-0.39, 0.29) is 17.5 Å². The van der Waals surface area contributed by atoms with Gasteiger partial charge in [0.05, 0.1) is 12.1 Å². The van der Waals surface area contributed by atoms with Crippen molar-refractivity contribution in [2.75, 3.05) is 13.2 Å². The fourth-order valence-corrected chi connectivity index (χ4v) is 3.09. The van der Waals surface area contributed by atoms with Gasteiger partial charge in [-0.25, -0.2) is 9.98 Å². The Kier molecular flexibility index (Phi) is 5.14. The van der Waals surface area contributed by atoms with Crippen LogP contribution in [-0.2, 0) is 14.9 Å². The van der Waals surface area contributed by atoms with E-state index in [1.54, 1.807) is 0 Å². The summed E-state index contributed by atoms with van der Waals surface area (Å²) < 4.78 is 11.9. The van der Waals surface area contributed by atoms with E-state index in [0.29, 0.717) is 25.0 Å². The smallest absolute Gasteiger partial charge is 0.216 e. The molecule has 0 saturated carbocycles. The van der Waals surface area contributed by atoms with E-state index in [1.165, 1.54) is 5.56 Å². The Balaban J connectivity index is 2.01. The molecule has 0 bridgehead atoms. The second-order valence-corrected chi connectivity index (χ2v) is 9.16. The molecule has 0 unspecified atom stereocenters. The molecular formula is C22H32N2O2. The molecule has 1 aromatic carbocycles. The van der Waals surface area contributed by atoms with Crippen LogP contribution in [0.25, 0.3) is 0 Å². The normalized spacial score (nSPS) is 23.1. The first-order valence-corrected chi connectivity index (χ1v) is 9.72. The molecule has 26 heavy (non-hydrogen) atoms. The molecule has 0 radical (unpaired) electrons. The van der Waals surface area contributed by atoms with Crippen LogP contribution in [0.1, 0.15) is 65.2 Å². The van der Waals surface area contributed by atoms with E-state index in [1.807, 2.05) is 0 Å². The largest absolute Gasteiger partial charge is 0.475 e. The van der Waals surface area contributed by atoms with E-state index in [9.17, 15) is 0 Å². The van der Waals surface area contributed by atoms with Crippen molar-refractivity contribution < 1.29 is 9.47 Å². The fourth-order valence-electron chi connectivity index (χ4n) is 3.09. The van der Waals surface area contributed by atoms with Crippen molar-refractivity contribution in [3.63, 3.8) is 0 Å². The van der Waals surface area contributed by atoms with E-state index in [4.69, 9.17) is 19.5 Å². The third-order valence-corrected chi connectivity index (χ3v) is 5.18. The molecule has 0 amide bonds. The van der Waals surface area contributed by atoms with E-state index in [2.05, 4.69) is 66.7 Å². The maximum absolute atomic E-state index is 5.93. The Morgan fingerprint density at radius 2 is 1.23 bits per heavy atom. The van der Waals surface area contributed by atoms with Gasteiger partial charge in [0.2, 0.25) is 11.8 Å². The monoisotopic (exact) mass is 356 g/mol. The molecule has 2 atom stereocenters. The lowest BCUT2D eigenvalue weighted by Crippen LogP contribution is -2.15. The Morgan fingerprint density at radius 3 is 1.54 bits per heavy atom. The van der Waals surface area contributed by atoms with Crippen LogP contribution in [0.2, 0.25) is 0 Å². The van der Waals surface area contributed by atoms with Gasteiger partial charge in [-0.05, 0) is 41.0 Å². The molecular weight excluding hydrogens is 324 g/mol. The highest BCUT2D eigenvalue weighted by Gasteiger charge is 2.27. The fraction of sp³-hybridized carbons (Fsp3) is 0.636. The van der Waals surface area contributed by atoms with Crippen molar-refractivity contribution in [1.29, 1.82) is 0 Å². The van der Waals surface area contributed by atoms with E-state index in [0.717, 1.165) is 22.9 Å². The molecule has 0 saturated heterocycles. The Labute approximate surface area is 157 Å². The minimum atomic E-state index is 0.0258. The van der Waals surface area contributed by atoms with Crippen LogP contribution in [0.4, 0.5) is 0 Å². The second-order valence-electron chi connectivity index (χ2n) is 9.16. The average Bonchev–Trinajstić information content (AvgIpc) is 3.23. The number of hydrogen-bond acceptors (Lipinski definition) is 4. The van der Waals surface area contributed by atoms with Crippen LogP contribution < -0.4 is 0 Å². The van der Waals surface area contributed by atoms with Crippen LogP contribution in [0, 0.1) is 11.8 Å². The molecule has 2 heterocycles. The highest BCUT2D eigenvalue weighted by atomic mass is 16.5. The summed E-state index contributed by atoms with van der Waals surface area (Å²) in [6.07, 6.45) is 0. The number of hydrogen-bond donors (Lipinski definition) is 0. The minimum Gasteiger partial charge on any atom is -0.475 e. The van der Waals surface area contributed by atoms with Crippen molar-refractivity contribution in [2.24, 2.45) is 21.8 Å². The topological polar surface area (TPSA) is 43.2 Å². The Morgan fingerprint density at radius 1 is 0.808 bits per heavy atom. The Bertz CT molecular complexity index is 674. The maximum Gasteiger partial charge on any atom is 0.216 e. The zero-order chi connectivity index (χ0) is 19.1. The molecule has 0 aliphatic carbocycles. The number of ether oxygens (including phenoxy) is 2. The van der Waals surface area contributed by atoms with E-state index >= 15 is 0 Å². The van der Waals surface area contributed by atoms with Gasteiger partial charge >= 0.3 is 0 Å². The number of nitrogens with zero attached hydrogens (tertiary/aromatic N) is 2. The van der Waals surface area contributed by atoms with Gasteiger partial charge in [0, 0.05) is 11.1 Å². The number of rotatable bonds is 4. The molecule has 142 valence electrons. The van der Waals surface area contributed by atoms with Crippen LogP contribution >= 0.6 is 0 Å². The maximum atomic E-state index is 5.93. The molecule has 2 aliphatic rings. The van der Waals surface area contributed by atoms with Gasteiger partial charge < -0.3 is 9.47 Å². The van der Waals surface area contributed by atoms with Crippen LogP contribution in [0.15, 0.2) is 28.2 Å². The first-order valence-electron chi connectivity index (χ1n) is 9.72. The summed E-state index contributed by atoms with van der Waals surface area (Å²) in [5.41, 5.74) is 3.31. The van der Waals surface area contributed by atoms with Crippen molar-refractivity contribution in [3.05, 3.63) is 34.9 Å². The standard InChI is InChI=1S/C22H32N2O2/c1-13(2)18-11-25-20(23-18)15-8-16(10-17(9-15)22(5,6)7)21-24-19(12-26-21)14(3)4/h8-10,13-14,18-19H,11-12H2,1-7H3/t18-,19-/m1/s1. The van der Waals surface area contributed by atoms with Gasteiger partial charge in [-0.1, -0.05) is 48.5 Å². The van der Waals surface area contributed by atoms with Gasteiger partial charge in [0.1, 0.15) is 13.2 Å². The molecule has 2 aliphatic heterocycles. The predicted octanol–water partition coefficient (Wildman–Crippen LogP) is 4.59. The first kappa shape index (κ1) is 18.9. The van der Waals surface area contributed by atoms with E-state index < -0.39 is 0 Å². The average molecular weight is 357 g/mol. The molecule has 1 aromatic rings. The number of benzene rings is 1. The van der Waals surface area contributed by atoms with Crippen LogP contribution in [0.3, 0.4) is 0 Å². The summed E-state index contributed by atoms with van der Waals surface area (Å²) in [6.45, 7) is 16.7. The lowest BCUT2D eigenvalue weighted by Gasteiger charge is -2.21. The van der Waals surface area contributed by atoms with Gasteiger partial charge in [-0.2, -0.15) is 0 Å².